The molecule has 2 fully saturated rings. The Kier molecular flexibility index (Phi) is 2.98. The van der Waals surface area contributed by atoms with Crippen LogP contribution in [0, 0.1) is 11.8 Å². The fourth-order valence-electron chi connectivity index (χ4n) is 2.90. The summed E-state index contributed by atoms with van der Waals surface area (Å²) in [5.74, 6) is 1.35. The maximum atomic E-state index is 11.9. The van der Waals surface area contributed by atoms with Crippen LogP contribution in [0.4, 0.5) is 0 Å². The molecule has 2 rings (SSSR count). The summed E-state index contributed by atoms with van der Waals surface area (Å²) in [6.45, 7) is 4.21. The van der Waals surface area contributed by atoms with E-state index in [2.05, 4.69) is 22.9 Å². The first-order valence-electron chi connectivity index (χ1n) is 5.87. The van der Waals surface area contributed by atoms with Gasteiger partial charge in [0.2, 0.25) is 5.91 Å². The number of piperidine rings is 1. The lowest BCUT2D eigenvalue weighted by atomic mass is 9.93. The van der Waals surface area contributed by atoms with Crippen LogP contribution in [0.2, 0.25) is 0 Å². The smallest absolute Gasteiger partial charge is 0.238 e. The maximum Gasteiger partial charge on any atom is 0.238 e. The molecule has 4 heteroatoms. The van der Waals surface area contributed by atoms with Gasteiger partial charge in [-0.25, -0.2) is 0 Å². The largest absolute Gasteiger partial charge is 0.340 e. The van der Waals surface area contributed by atoms with Gasteiger partial charge in [0, 0.05) is 6.04 Å². The zero-order valence-corrected chi connectivity index (χ0v) is 9.71. The summed E-state index contributed by atoms with van der Waals surface area (Å²) in [4.78, 5) is 11.9. The maximum absolute atomic E-state index is 11.9. The Bertz CT molecular complexity index is 256. The second-order valence-corrected chi connectivity index (χ2v) is 4.87. The summed E-state index contributed by atoms with van der Waals surface area (Å²) in [7, 11) is 1.85. The Morgan fingerprint density at radius 2 is 2.20 bits per heavy atom. The normalized spacial score (nSPS) is 40.5. The highest BCUT2D eigenvalue weighted by Gasteiger charge is 2.48. The van der Waals surface area contributed by atoms with Crippen LogP contribution >= 0.6 is 0 Å². The molecule has 0 aromatic rings. The molecule has 0 unspecified atom stereocenters. The average molecular weight is 211 g/mol. The number of hydrogen-bond acceptors (Lipinski definition) is 3. The summed E-state index contributed by atoms with van der Waals surface area (Å²) in [5.41, 5.74) is 0. The minimum absolute atomic E-state index is 0.0366. The molecular formula is C11H21N3O. The zero-order chi connectivity index (χ0) is 11.0. The number of nitrogens with one attached hydrogen (secondary N) is 3. The Balaban J connectivity index is 1.93. The lowest BCUT2D eigenvalue weighted by molar-refractivity contribution is -0.124. The van der Waals surface area contributed by atoms with Crippen molar-refractivity contribution in [3.8, 4) is 0 Å². The van der Waals surface area contributed by atoms with Crippen LogP contribution in [0.25, 0.3) is 0 Å². The molecule has 2 aliphatic rings. The topological polar surface area (TPSA) is 53.2 Å². The highest BCUT2D eigenvalue weighted by molar-refractivity contribution is 5.83. The SMILES string of the molecule is CN[C@H](C)NC(=O)[C@H]1N[C@@H]2CC[C@H]1[C@@H]2C. The van der Waals surface area contributed by atoms with Crippen molar-refractivity contribution in [1.29, 1.82) is 0 Å². The van der Waals surface area contributed by atoms with E-state index < -0.39 is 0 Å². The van der Waals surface area contributed by atoms with Gasteiger partial charge in [-0.2, -0.15) is 0 Å². The van der Waals surface area contributed by atoms with Crippen LogP contribution in [-0.4, -0.2) is 31.2 Å². The third-order valence-corrected chi connectivity index (χ3v) is 4.02. The van der Waals surface area contributed by atoms with Gasteiger partial charge < -0.3 is 16.0 Å². The van der Waals surface area contributed by atoms with Crippen molar-refractivity contribution in [1.82, 2.24) is 16.0 Å². The third kappa shape index (κ3) is 1.88. The van der Waals surface area contributed by atoms with E-state index in [1.807, 2.05) is 14.0 Å². The first kappa shape index (κ1) is 10.9. The standard InChI is InChI=1S/C11H21N3O/c1-6-8-4-5-9(6)14-10(8)11(15)13-7(2)12-3/h6-10,12,14H,4-5H2,1-3H3,(H,13,15)/t6-,7-,8-,9+,10-/m0/s1. The molecule has 1 saturated carbocycles. The fourth-order valence-corrected chi connectivity index (χ4v) is 2.90. The molecule has 86 valence electrons. The zero-order valence-electron chi connectivity index (χ0n) is 9.71. The quantitative estimate of drug-likeness (QED) is 0.578. The average Bonchev–Trinajstić information content (AvgIpc) is 2.74. The third-order valence-electron chi connectivity index (χ3n) is 4.02. The molecule has 4 nitrogen and oxygen atoms in total. The molecule has 1 aliphatic carbocycles. The van der Waals surface area contributed by atoms with Gasteiger partial charge in [0.05, 0.1) is 12.2 Å². The predicted octanol–water partition coefficient (Wildman–Crippen LogP) is 0.0545. The molecule has 0 aromatic heterocycles. The van der Waals surface area contributed by atoms with Gasteiger partial charge in [0.25, 0.3) is 0 Å². The van der Waals surface area contributed by atoms with Gasteiger partial charge in [-0.3, -0.25) is 4.79 Å². The monoisotopic (exact) mass is 211 g/mol. The number of fused-ring (bicyclic) bond motifs is 2. The van der Waals surface area contributed by atoms with Crippen LogP contribution in [0.15, 0.2) is 0 Å². The van der Waals surface area contributed by atoms with Crippen LogP contribution < -0.4 is 16.0 Å². The van der Waals surface area contributed by atoms with Crippen molar-refractivity contribution < 1.29 is 4.79 Å². The summed E-state index contributed by atoms with van der Waals surface area (Å²) in [5, 5.41) is 9.41. The van der Waals surface area contributed by atoms with Crippen molar-refractivity contribution in [3.05, 3.63) is 0 Å². The van der Waals surface area contributed by atoms with Crippen LogP contribution in [0.1, 0.15) is 26.7 Å². The van der Waals surface area contributed by atoms with Crippen molar-refractivity contribution in [2.75, 3.05) is 7.05 Å². The summed E-state index contributed by atoms with van der Waals surface area (Å²) in [6.07, 6.45) is 2.48. The lowest BCUT2D eigenvalue weighted by Crippen LogP contribution is -2.52. The molecule has 5 atom stereocenters. The summed E-state index contributed by atoms with van der Waals surface area (Å²) < 4.78 is 0. The van der Waals surface area contributed by atoms with Gasteiger partial charge in [0.1, 0.15) is 0 Å². The van der Waals surface area contributed by atoms with Gasteiger partial charge in [-0.15, -0.1) is 0 Å². The van der Waals surface area contributed by atoms with E-state index in [1.54, 1.807) is 0 Å². The van der Waals surface area contributed by atoms with Gasteiger partial charge in [0.15, 0.2) is 0 Å². The molecule has 15 heavy (non-hydrogen) atoms. The molecule has 1 saturated heterocycles. The van der Waals surface area contributed by atoms with Crippen molar-refractivity contribution in [3.63, 3.8) is 0 Å². The molecule has 0 radical (unpaired) electrons. The Labute approximate surface area is 91.2 Å². The van der Waals surface area contributed by atoms with E-state index in [0.29, 0.717) is 17.9 Å². The van der Waals surface area contributed by atoms with E-state index in [1.165, 1.54) is 12.8 Å². The summed E-state index contributed by atoms with van der Waals surface area (Å²) >= 11 is 0. The number of rotatable bonds is 3. The van der Waals surface area contributed by atoms with Gasteiger partial charge in [-0.05, 0) is 38.6 Å². The number of carbonyl (C=O) groups excluding carboxylic acids is 1. The van der Waals surface area contributed by atoms with Gasteiger partial charge >= 0.3 is 0 Å². The molecule has 0 aromatic carbocycles. The fraction of sp³-hybridized carbons (Fsp3) is 0.909. The summed E-state index contributed by atoms with van der Waals surface area (Å²) in [6, 6.07) is 0.602. The van der Waals surface area contributed by atoms with Crippen molar-refractivity contribution in [2.45, 2.75) is 44.9 Å². The number of hydrogen-bond donors (Lipinski definition) is 3. The highest BCUT2D eigenvalue weighted by atomic mass is 16.2. The van der Waals surface area contributed by atoms with E-state index >= 15 is 0 Å². The number of carbonyl (C=O) groups is 1. The van der Waals surface area contributed by atoms with Crippen molar-refractivity contribution in [2.24, 2.45) is 11.8 Å². The van der Waals surface area contributed by atoms with Crippen molar-refractivity contribution >= 4 is 5.91 Å². The van der Waals surface area contributed by atoms with Crippen LogP contribution in [0.3, 0.4) is 0 Å². The van der Waals surface area contributed by atoms with E-state index in [4.69, 9.17) is 0 Å². The Hall–Kier alpha value is -0.610. The second-order valence-electron chi connectivity index (χ2n) is 4.87. The van der Waals surface area contributed by atoms with E-state index in [-0.39, 0.29) is 18.1 Å². The first-order valence-corrected chi connectivity index (χ1v) is 5.87. The molecule has 3 N–H and O–H groups in total. The second kappa shape index (κ2) is 4.10. The molecule has 1 amide bonds. The Morgan fingerprint density at radius 3 is 2.67 bits per heavy atom. The lowest BCUT2D eigenvalue weighted by Gasteiger charge is -2.24. The highest BCUT2D eigenvalue weighted by Crippen LogP contribution is 2.40. The first-order chi connectivity index (χ1) is 7.13. The Morgan fingerprint density at radius 1 is 1.47 bits per heavy atom. The molecule has 2 bridgehead atoms. The molecule has 0 spiro atoms. The molecule has 1 heterocycles. The van der Waals surface area contributed by atoms with Gasteiger partial charge in [-0.1, -0.05) is 6.92 Å². The molecular weight excluding hydrogens is 190 g/mol. The van der Waals surface area contributed by atoms with Crippen LogP contribution in [-0.2, 0) is 4.79 Å². The minimum atomic E-state index is 0.0366. The van der Waals surface area contributed by atoms with Crippen LogP contribution in [0.5, 0.6) is 0 Å². The minimum Gasteiger partial charge on any atom is -0.340 e. The predicted molar refractivity (Wildman–Crippen MR) is 59.3 cm³/mol. The van der Waals surface area contributed by atoms with E-state index in [0.717, 1.165) is 0 Å². The van der Waals surface area contributed by atoms with E-state index in [9.17, 15) is 4.79 Å². The molecule has 1 aliphatic heterocycles. The number of amides is 1.